The number of hydrogen-bond acceptors (Lipinski definition) is 2. The number of benzene rings is 7. The lowest BCUT2D eigenvalue weighted by molar-refractivity contribution is 0.756. The Morgan fingerprint density at radius 3 is 2.22 bits per heavy atom. The largest absolute Gasteiger partial charge is 0.314 e. The van der Waals surface area contributed by atoms with Crippen molar-refractivity contribution in [3.8, 4) is 11.1 Å². The number of aryl methyl sites for hydroxylation is 1. The Bertz CT molecular complexity index is 3150. The number of nitrogens with zero attached hydrogens (tertiary/aromatic N) is 1. The lowest BCUT2D eigenvalue weighted by Gasteiger charge is -2.37. The van der Waals surface area contributed by atoms with Gasteiger partial charge in [0.25, 0.3) is 0 Å². The summed E-state index contributed by atoms with van der Waals surface area (Å²) < 4.78 is 1.42. The molecular weight excluding hydrogens is 731 g/mol. The van der Waals surface area contributed by atoms with Crippen molar-refractivity contribution in [1.82, 2.24) is 0 Å². The molecule has 0 saturated carbocycles. The Kier molecular flexibility index (Phi) is 8.10. The maximum Gasteiger partial charge on any atom is 0.0710 e. The number of allylic oxidation sites excluding steroid dienone is 9. The predicted octanol–water partition coefficient (Wildman–Crippen LogP) is 15.7. The molecule has 0 radical (unpaired) electrons. The fourth-order valence-electron chi connectivity index (χ4n) is 10.7. The Labute approximate surface area is 350 Å². The highest BCUT2D eigenvalue weighted by molar-refractivity contribution is 7.20. The van der Waals surface area contributed by atoms with Gasteiger partial charge in [-0.2, -0.15) is 0 Å². The molecule has 0 N–H and O–H groups in total. The van der Waals surface area contributed by atoms with Gasteiger partial charge in [-0.1, -0.05) is 152 Å². The molecule has 0 fully saturated rings. The number of fused-ring (bicyclic) bond motifs is 9. The van der Waals surface area contributed by atoms with Crippen LogP contribution in [-0.2, 0) is 11.8 Å². The van der Waals surface area contributed by atoms with E-state index in [9.17, 15) is 0 Å². The molecule has 0 saturated heterocycles. The van der Waals surface area contributed by atoms with Crippen LogP contribution in [0, 0.1) is 0 Å². The van der Waals surface area contributed by atoms with Gasteiger partial charge in [0.05, 0.1) is 5.41 Å². The van der Waals surface area contributed by atoms with Crippen molar-refractivity contribution >= 4 is 66.0 Å². The molecule has 8 aromatic rings. The van der Waals surface area contributed by atoms with E-state index < -0.39 is 5.41 Å². The number of rotatable bonds is 6. The maximum absolute atomic E-state index is 2.51. The van der Waals surface area contributed by atoms with Gasteiger partial charge in [-0.25, -0.2) is 0 Å². The summed E-state index contributed by atoms with van der Waals surface area (Å²) in [4.78, 5) is 4.03. The first-order valence-corrected chi connectivity index (χ1v) is 22.1. The van der Waals surface area contributed by atoms with Crippen molar-refractivity contribution in [3.05, 3.63) is 226 Å². The second kappa shape index (κ2) is 13.8. The summed E-state index contributed by atoms with van der Waals surface area (Å²) in [5, 5.41) is 6.73. The molecule has 1 unspecified atom stereocenters. The third-order valence-corrected chi connectivity index (χ3v) is 14.6. The highest BCUT2D eigenvalue weighted by atomic mass is 32.1. The van der Waals surface area contributed by atoms with Gasteiger partial charge in [0.1, 0.15) is 0 Å². The minimum Gasteiger partial charge on any atom is -0.314 e. The standard InChI is InChI=1S/C57H43NS/c1-3-17-40(18-4-1)57(52-27-12-9-24-46(52)47-25-10-13-28-53(47)57)41-19-15-22-44(37-41)58(42-20-5-2-6-21-42)43-32-30-38(31-33-43)51-36-39-16-7-8-23-45(39)55-49(51)34-35-50-48-26-11-14-29-54(48)59-56(50)55/h1-5,7-9,11-13,15-20,22-24,26-28,30-37H,6,10,14,21,25,29H2. The van der Waals surface area contributed by atoms with Crippen LogP contribution in [0.3, 0.4) is 0 Å². The topological polar surface area (TPSA) is 3.24 Å². The van der Waals surface area contributed by atoms with Crippen LogP contribution in [0.4, 0.5) is 11.4 Å². The Morgan fingerprint density at radius 2 is 1.32 bits per heavy atom. The molecule has 0 spiro atoms. The zero-order chi connectivity index (χ0) is 38.9. The van der Waals surface area contributed by atoms with E-state index in [2.05, 4.69) is 193 Å². The normalized spacial score (nSPS) is 18.0. The third kappa shape index (κ3) is 5.29. The molecule has 2 heteroatoms. The molecule has 0 amide bonds. The molecule has 59 heavy (non-hydrogen) atoms. The third-order valence-electron chi connectivity index (χ3n) is 13.3. The molecule has 0 bridgehead atoms. The lowest BCUT2D eigenvalue weighted by atomic mass is 9.66. The van der Waals surface area contributed by atoms with E-state index in [4.69, 9.17) is 0 Å². The molecule has 4 aliphatic carbocycles. The summed E-state index contributed by atoms with van der Waals surface area (Å²) in [6.07, 6.45) is 22.7. The smallest absolute Gasteiger partial charge is 0.0710 e. The first-order chi connectivity index (χ1) is 29.3. The molecule has 12 rings (SSSR count). The molecule has 282 valence electrons. The summed E-state index contributed by atoms with van der Waals surface area (Å²) in [6, 6.07) is 55.3. The first-order valence-electron chi connectivity index (χ1n) is 21.3. The Balaban J connectivity index is 1.02. The minimum absolute atomic E-state index is 0.406. The molecule has 7 aromatic carbocycles. The molecule has 1 nitrogen and oxygen atoms in total. The van der Waals surface area contributed by atoms with E-state index in [-0.39, 0.29) is 0 Å². The van der Waals surface area contributed by atoms with Gasteiger partial charge < -0.3 is 4.90 Å². The fraction of sp³-hybridized carbons (Fsp3) is 0.123. The molecule has 0 aliphatic heterocycles. The second-order valence-electron chi connectivity index (χ2n) is 16.4. The van der Waals surface area contributed by atoms with E-state index in [1.165, 1.54) is 104 Å². The van der Waals surface area contributed by atoms with Crippen molar-refractivity contribution in [3.63, 3.8) is 0 Å². The number of anilines is 2. The number of hydrogen-bond donors (Lipinski definition) is 0. The molecule has 1 aromatic heterocycles. The molecule has 1 heterocycles. The van der Waals surface area contributed by atoms with Crippen LogP contribution in [-0.4, -0.2) is 0 Å². The van der Waals surface area contributed by atoms with Crippen LogP contribution in [0.2, 0.25) is 0 Å². The quantitative estimate of drug-likeness (QED) is 0.152. The highest BCUT2D eigenvalue weighted by Gasteiger charge is 2.47. The van der Waals surface area contributed by atoms with Crippen LogP contribution in [0.5, 0.6) is 0 Å². The molecule has 4 aliphatic rings. The first kappa shape index (κ1) is 34.6. The van der Waals surface area contributed by atoms with Gasteiger partial charge in [-0.05, 0) is 141 Å². The van der Waals surface area contributed by atoms with Crippen molar-refractivity contribution in [2.45, 2.75) is 43.9 Å². The van der Waals surface area contributed by atoms with Gasteiger partial charge in [0.2, 0.25) is 0 Å². The Hall–Kier alpha value is -6.48. The monoisotopic (exact) mass is 773 g/mol. The van der Waals surface area contributed by atoms with Gasteiger partial charge >= 0.3 is 0 Å². The minimum atomic E-state index is -0.406. The van der Waals surface area contributed by atoms with E-state index in [1.54, 1.807) is 0 Å². The van der Waals surface area contributed by atoms with Gasteiger partial charge in [0.15, 0.2) is 0 Å². The predicted molar refractivity (Wildman–Crippen MR) is 253 cm³/mol. The molecular formula is C57H43NS. The van der Waals surface area contributed by atoms with E-state index in [0.29, 0.717) is 0 Å². The summed E-state index contributed by atoms with van der Waals surface area (Å²) in [6.45, 7) is 0. The van der Waals surface area contributed by atoms with Crippen LogP contribution in [0.25, 0.3) is 54.4 Å². The van der Waals surface area contributed by atoms with Crippen molar-refractivity contribution in [1.29, 1.82) is 0 Å². The highest BCUT2D eigenvalue weighted by Crippen LogP contribution is 2.57. The maximum atomic E-state index is 2.51. The summed E-state index contributed by atoms with van der Waals surface area (Å²) in [5.74, 6) is 0. The summed E-state index contributed by atoms with van der Waals surface area (Å²) in [5.41, 5.74) is 15.5. The van der Waals surface area contributed by atoms with Crippen molar-refractivity contribution in [2.24, 2.45) is 0 Å². The van der Waals surface area contributed by atoms with E-state index in [1.807, 2.05) is 11.3 Å². The van der Waals surface area contributed by atoms with Crippen LogP contribution < -0.4 is 4.90 Å². The average Bonchev–Trinajstić information content (AvgIpc) is 3.84. The SMILES string of the molecule is C1=CCCC(N(c2ccc(-c3cc4ccccc4c4c3ccc3c5c(sc34)CCC=C5)cc2)c2cccc(C3(c4ccccc4)C4=C(CCC=C4)c4ccccc43)c2)=C1. The zero-order valence-electron chi connectivity index (χ0n) is 33.0. The summed E-state index contributed by atoms with van der Waals surface area (Å²) >= 11 is 2.00. The fourth-order valence-corrected chi connectivity index (χ4v) is 12.1. The van der Waals surface area contributed by atoms with Crippen LogP contribution in [0.15, 0.2) is 193 Å². The second-order valence-corrected chi connectivity index (χ2v) is 17.5. The summed E-state index contributed by atoms with van der Waals surface area (Å²) in [7, 11) is 0. The van der Waals surface area contributed by atoms with Gasteiger partial charge in [-0.15, -0.1) is 11.3 Å². The van der Waals surface area contributed by atoms with E-state index >= 15 is 0 Å². The van der Waals surface area contributed by atoms with E-state index in [0.717, 1.165) is 38.5 Å². The Morgan fingerprint density at radius 1 is 0.542 bits per heavy atom. The van der Waals surface area contributed by atoms with Crippen LogP contribution >= 0.6 is 11.3 Å². The lowest BCUT2D eigenvalue weighted by Crippen LogP contribution is -2.30. The van der Waals surface area contributed by atoms with Gasteiger partial charge in [0, 0.05) is 37.4 Å². The van der Waals surface area contributed by atoms with Gasteiger partial charge in [-0.3, -0.25) is 0 Å². The average molecular weight is 774 g/mol. The zero-order valence-corrected chi connectivity index (χ0v) is 33.8. The number of thiophene rings is 1. The molecule has 1 atom stereocenters. The van der Waals surface area contributed by atoms with Crippen molar-refractivity contribution < 1.29 is 0 Å². The van der Waals surface area contributed by atoms with Crippen molar-refractivity contribution in [2.75, 3.05) is 4.90 Å². The van der Waals surface area contributed by atoms with Crippen LogP contribution in [0.1, 0.15) is 64.8 Å².